The Labute approximate surface area is 107 Å². The van der Waals surface area contributed by atoms with E-state index in [2.05, 4.69) is 10.3 Å². The number of carbonyl (C=O) groups is 1. The lowest BCUT2D eigenvalue weighted by Crippen LogP contribution is -2.47. The third kappa shape index (κ3) is 2.81. The van der Waals surface area contributed by atoms with Crippen molar-refractivity contribution >= 4 is 11.9 Å². The van der Waals surface area contributed by atoms with Crippen molar-refractivity contribution in [1.29, 1.82) is 0 Å². The van der Waals surface area contributed by atoms with Crippen LogP contribution in [0.25, 0.3) is 0 Å². The lowest BCUT2D eigenvalue weighted by atomic mass is 10.2. The summed E-state index contributed by atoms with van der Waals surface area (Å²) in [6.07, 6.45) is 3.63. The predicted molar refractivity (Wildman–Crippen MR) is 68.4 cm³/mol. The second-order valence-electron chi connectivity index (χ2n) is 4.34. The number of amides is 1. The first-order valence-corrected chi connectivity index (χ1v) is 6.36. The number of hydrogen-bond donors (Lipinski definition) is 1. The van der Waals surface area contributed by atoms with Gasteiger partial charge in [-0.25, -0.2) is 4.98 Å². The zero-order valence-corrected chi connectivity index (χ0v) is 10.9. The molecule has 2 rings (SSSR count). The van der Waals surface area contributed by atoms with Crippen LogP contribution in [0.3, 0.4) is 0 Å². The van der Waals surface area contributed by atoms with Crippen molar-refractivity contribution < 1.29 is 9.53 Å². The Balaban J connectivity index is 1.94. The van der Waals surface area contributed by atoms with E-state index in [-0.39, 0.29) is 11.9 Å². The molecule has 0 spiro atoms. The van der Waals surface area contributed by atoms with Crippen LogP contribution in [-0.4, -0.2) is 52.7 Å². The number of hydrogen-bond acceptors (Lipinski definition) is 4. The molecule has 1 aromatic rings. The van der Waals surface area contributed by atoms with E-state index in [1.807, 2.05) is 29.5 Å². The minimum atomic E-state index is -0.268. The van der Waals surface area contributed by atoms with Crippen LogP contribution in [0.1, 0.15) is 13.8 Å². The molecule has 0 aliphatic carbocycles. The van der Waals surface area contributed by atoms with Crippen molar-refractivity contribution in [2.45, 2.75) is 26.4 Å². The van der Waals surface area contributed by atoms with Crippen LogP contribution < -0.4 is 5.32 Å². The van der Waals surface area contributed by atoms with Crippen LogP contribution >= 0.6 is 0 Å². The maximum Gasteiger partial charge on any atom is 0.245 e. The molecule has 2 heterocycles. The molecule has 18 heavy (non-hydrogen) atoms. The highest BCUT2D eigenvalue weighted by Crippen LogP contribution is 2.08. The topological polar surface area (TPSA) is 59.4 Å². The average molecular weight is 252 g/mol. The fourth-order valence-electron chi connectivity index (χ4n) is 2.02. The molecule has 1 atom stereocenters. The number of carbonyl (C=O) groups excluding carboxylic acids is 1. The van der Waals surface area contributed by atoms with Gasteiger partial charge in [-0.1, -0.05) is 0 Å². The smallest absolute Gasteiger partial charge is 0.245 e. The highest BCUT2D eigenvalue weighted by atomic mass is 16.5. The van der Waals surface area contributed by atoms with E-state index < -0.39 is 0 Å². The minimum absolute atomic E-state index is 0.101. The summed E-state index contributed by atoms with van der Waals surface area (Å²) in [5.41, 5.74) is 0. The van der Waals surface area contributed by atoms with Gasteiger partial charge in [-0.05, 0) is 13.8 Å². The summed E-state index contributed by atoms with van der Waals surface area (Å²) in [5.74, 6) is 0.843. The zero-order valence-electron chi connectivity index (χ0n) is 10.9. The Morgan fingerprint density at radius 3 is 2.94 bits per heavy atom. The van der Waals surface area contributed by atoms with Crippen molar-refractivity contribution in [1.82, 2.24) is 14.5 Å². The zero-order chi connectivity index (χ0) is 13.0. The van der Waals surface area contributed by atoms with Crippen LogP contribution in [-0.2, 0) is 16.1 Å². The third-order valence-electron chi connectivity index (χ3n) is 3.09. The normalized spacial score (nSPS) is 17.6. The van der Waals surface area contributed by atoms with Crippen LogP contribution in [0, 0.1) is 0 Å². The van der Waals surface area contributed by atoms with Crippen molar-refractivity contribution in [3.8, 4) is 0 Å². The molecular formula is C12H20N4O2. The second kappa shape index (κ2) is 5.86. The summed E-state index contributed by atoms with van der Waals surface area (Å²) in [7, 11) is 0. The highest BCUT2D eigenvalue weighted by molar-refractivity contribution is 5.83. The van der Waals surface area contributed by atoms with Gasteiger partial charge in [0.2, 0.25) is 11.9 Å². The molecule has 0 radical (unpaired) electrons. The van der Waals surface area contributed by atoms with Gasteiger partial charge in [0.25, 0.3) is 0 Å². The van der Waals surface area contributed by atoms with Crippen molar-refractivity contribution in [3.63, 3.8) is 0 Å². The summed E-state index contributed by atoms with van der Waals surface area (Å²) in [6, 6.07) is -0.268. The molecule has 1 aliphatic heterocycles. The summed E-state index contributed by atoms with van der Waals surface area (Å²) < 4.78 is 7.22. The van der Waals surface area contributed by atoms with E-state index in [4.69, 9.17) is 4.74 Å². The number of imidazole rings is 1. The Morgan fingerprint density at radius 1 is 1.56 bits per heavy atom. The molecule has 1 N–H and O–H groups in total. The Kier molecular flexibility index (Phi) is 4.19. The number of nitrogens with one attached hydrogen (secondary N) is 1. The second-order valence-corrected chi connectivity index (χ2v) is 4.34. The van der Waals surface area contributed by atoms with Gasteiger partial charge in [0.05, 0.1) is 13.2 Å². The van der Waals surface area contributed by atoms with Crippen LogP contribution in [0.5, 0.6) is 0 Å². The van der Waals surface area contributed by atoms with Crippen molar-refractivity contribution in [2.24, 2.45) is 0 Å². The summed E-state index contributed by atoms with van der Waals surface area (Å²) in [5, 5.41) is 3.16. The van der Waals surface area contributed by atoms with Crippen molar-refractivity contribution in [2.75, 3.05) is 31.6 Å². The maximum atomic E-state index is 12.2. The fraction of sp³-hybridized carbons (Fsp3) is 0.667. The Morgan fingerprint density at radius 2 is 2.28 bits per heavy atom. The first-order valence-electron chi connectivity index (χ1n) is 6.36. The predicted octanol–water partition coefficient (Wildman–Crippen LogP) is 0.562. The molecule has 6 nitrogen and oxygen atoms in total. The standard InChI is InChI=1S/C12H20N4O2/c1-3-15-5-4-13-12(15)14-10(2)11(17)16-6-8-18-9-7-16/h4-5,10H,3,6-9H2,1-2H3,(H,13,14). The van der Waals surface area contributed by atoms with Crippen molar-refractivity contribution in [3.05, 3.63) is 12.4 Å². The van der Waals surface area contributed by atoms with E-state index >= 15 is 0 Å². The number of aromatic nitrogens is 2. The summed E-state index contributed by atoms with van der Waals surface area (Å²) in [4.78, 5) is 18.2. The maximum absolute atomic E-state index is 12.2. The van der Waals surface area contributed by atoms with E-state index in [1.165, 1.54) is 0 Å². The molecule has 1 aliphatic rings. The lowest BCUT2D eigenvalue weighted by molar-refractivity contribution is -0.135. The molecule has 1 fully saturated rings. The highest BCUT2D eigenvalue weighted by Gasteiger charge is 2.23. The molecule has 0 bridgehead atoms. The van der Waals surface area contributed by atoms with Crippen LogP contribution in [0.4, 0.5) is 5.95 Å². The molecule has 1 saturated heterocycles. The van der Waals surface area contributed by atoms with Gasteiger partial charge in [0.15, 0.2) is 0 Å². The molecule has 1 amide bonds. The fourth-order valence-corrected chi connectivity index (χ4v) is 2.02. The van der Waals surface area contributed by atoms with Gasteiger partial charge in [0.1, 0.15) is 6.04 Å². The van der Waals surface area contributed by atoms with Crippen LogP contribution in [0.15, 0.2) is 12.4 Å². The SMILES string of the molecule is CCn1ccnc1NC(C)C(=O)N1CCOCC1. The summed E-state index contributed by atoms with van der Waals surface area (Å²) >= 11 is 0. The Hall–Kier alpha value is -1.56. The van der Waals surface area contributed by atoms with Gasteiger partial charge in [-0.2, -0.15) is 0 Å². The van der Waals surface area contributed by atoms with E-state index in [9.17, 15) is 4.79 Å². The number of ether oxygens (including phenoxy) is 1. The number of rotatable bonds is 4. The first-order chi connectivity index (χ1) is 8.72. The van der Waals surface area contributed by atoms with E-state index in [0.29, 0.717) is 26.3 Å². The number of nitrogens with zero attached hydrogens (tertiary/aromatic N) is 3. The van der Waals surface area contributed by atoms with Gasteiger partial charge in [-0.15, -0.1) is 0 Å². The quantitative estimate of drug-likeness (QED) is 0.850. The molecule has 100 valence electrons. The summed E-state index contributed by atoms with van der Waals surface area (Å²) in [6.45, 7) is 7.35. The molecule has 0 aromatic carbocycles. The number of anilines is 1. The number of aryl methyl sites for hydroxylation is 1. The van der Waals surface area contributed by atoms with E-state index in [0.717, 1.165) is 12.5 Å². The largest absolute Gasteiger partial charge is 0.378 e. The van der Waals surface area contributed by atoms with Crippen LogP contribution in [0.2, 0.25) is 0 Å². The third-order valence-corrected chi connectivity index (χ3v) is 3.09. The first kappa shape index (κ1) is 12.9. The van der Waals surface area contributed by atoms with Gasteiger partial charge in [-0.3, -0.25) is 4.79 Å². The van der Waals surface area contributed by atoms with E-state index in [1.54, 1.807) is 6.20 Å². The molecular weight excluding hydrogens is 232 g/mol. The molecule has 0 saturated carbocycles. The molecule has 6 heteroatoms. The monoisotopic (exact) mass is 252 g/mol. The average Bonchev–Trinajstić information content (AvgIpc) is 2.86. The lowest BCUT2D eigenvalue weighted by Gasteiger charge is -2.29. The van der Waals surface area contributed by atoms with Gasteiger partial charge >= 0.3 is 0 Å². The molecule has 1 aromatic heterocycles. The van der Waals surface area contributed by atoms with Gasteiger partial charge in [0, 0.05) is 32.0 Å². The Bertz CT molecular complexity index is 399. The minimum Gasteiger partial charge on any atom is -0.378 e. The number of morpholine rings is 1. The van der Waals surface area contributed by atoms with Gasteiger partial charge < -0.3 is 19.5 Å². The molecule has 1 unspecified atom stereocenters.